The van der Waals surface area contributed by atoms with Crippen LogP contribution in [0.3, 0.4) is 0 Å². The molecule has 5 rings (SSSR count). The van der Waals surface area contributed by atoms with Gasteiger partial charge in [0.1, 0.15) is 5.52 Å². The minimum atomic E-state index is 0.321. The van der Waals surface area contributed by atoms with Crippen LogP contribution in [-0.2, 0) is 7.05 Å². The second kappa shape index (κ2) is 6.38. The van der Waals surface area contributed by atoms with Gasteiger partial charge >= 0.3 is 0 Å². The molecule has 3 heterocycles. The molecule has 1 saturated heterocycles. The normalized spacial score (nSPS) is 28.5. The van der Waals surface area contributed by atoms with E-state index in [1.54, 1.807) is 0 Å². The molecule has 0 radical (unpaired) electrons. The van der Waals surface area contributed by atoms with Crippen LogP contribution >= 0.6 is 11.6 Å². The molecule has 0 bridgehead atoms. The molecule has 0 amide bonds. The van der Waals surface area contributed by atoms with Crippen molar-refractivity contribution in [3.8, 4) is 0 Å². The van der Waals surface area contributed by atoms with E-state index in [4.69, 9.17) is 11.6 Å². The van der Waals surface area contributed by atoms with Gasteiger partial charge in [-0.1, -0.05) is 0 Å². The van der Waals surface area contributed by atoms with Gasteiger partial charge in [-0.25, -0.2) is 4.98 Å². The molecule has 2 aromatic heterocycles. The summed E-state index contributed by atoms with van der Waals surface area (Å²) >= 11 is 6.13. The van der Waals surface area contributed by atoms with Crippen molar-refractivity contribution in [2.24, 2.45) is 12.5 Å². The van der Waals surface area contributed by atoms with Crippen molar-refractivity contribution in [2.75, 3.05) is 18.4 Å². The van der Waals surface area contributed by atoms with Crippen LogP contribution in [-0.4, -0.2) is 44.6 Å². The Hall–Kier alpha value is -1.33. The molecule has 26 heavy (non-hydrogen) atoms. The fraction of sp³-hybridized carbons (Fsp3) is 0.700. The van der Waals surface area contributed by atoms with Crippen LogP contribution in [0.25, 0.3) is 11.0 Å². The standard InChI is InChI=1S/C20H28ClN5/c1-25-11-6-16-17(25)18(24-19(21)23-16)22-14-2-4-15(5-3-14)26-12-9-20(7-8-20)10-13-26/h6,11,14-15H,2-5,7-10,12-13H2,1H3,(H,22,23,24). The Morgan fingerprint density at radius 3 is 2.50 bits per heavy atom. The lowest BCUT2D eigenvalue weighted by Crippen LogP contribution is -2.45. The van der Waals surface area contributed by atoms with Crippen molar-refractivity contribution in [1.29, 1.82) is 0 Å². The highest BCUT2D eigenvalue weighted by atomic mass is 35.5. The average molecular weight is 374 g/mol. The Morgan fingerprint density at radius 2 is 1.81 bits per heavy atom. The van der Waals surface area contributed by atoms with Crippen molar-refractivity contribution >= 4 is 28.5 Å². The maximum absolute atomic E-state index is 6.13. The molecule has 5 nitrogen and oxygen atoms in total. The van der Waals surface area contributed by atoms with Crippen LogP contribution in [0, 0.1) is 5.41 Å². The lowest BCUT2D eigenvalue weighted by atomic mass is 9.87. The SMILES string of the molecule is Cn1ccc2nc(Cl)nc(NC3CCC(N4CCC5(CC4)CC5)CC3)c21. The van der Waals surface area contributed by atoms with E-state index in [0.29, 0.717) is 11.3 Å². The number of likely N-dealkylation sites (tertiary alicyclic amines) is 1. The number of hydrogen-bond acceptors (Lipinski definition) is 4. The molecule has 2 aromatic rings. The third kappa shape index (κ3) is 3.09. The number of anilines is 1. The largest absolute Gasteiger partial charge is 0.365 e. The van der Waals surface area contributed by atoms with Crippen LogP contribution in [0.15, 0.2) is 12.3 Å². The van der Waals surface area contributed by atoms with Gasteiger partial charge in [-0.3, -0.25) is 0 Å². The fourth-order valence-electron chi connectivity index (χ4n) is 5.08. The molecule has 1 aliphatic heterocycles. The van der Waals surface area contributed by atoms with Gasteiger partial charge in [0.25, 0.3) is 0 Å². The van der Waals surface area contributed by atoms with Crippen LogP contribution < -0.4 is 5.32 Å². The zero-order valence-corrected chi connectivity index (χ0v) is 16.3. The summed E-state index contributed by atoms with van der Waals surface area (Å²) in [5, 5.41) is 3.98. The monoisotopic (exact) mass is 373 g/mol. The number of aryl methyl sites for hydroxylation is 1. The Labute approximate surface area is 160 Å². The van der Waals surface area contributed by atoms with Crippen molar-refractivity contribution < 1.29 is 0 Å². The Bertz CT molecular complexity index is 794. The predicted molar refractivity (Wildman–Crippen MR) is 106 cm³/mol. The summed E-state index contributed by atoms with van der Waals surface area (Å²) in [7, 11) is 2.03. The molecule has 3 aliphatic rings. The minimum absolute atomic E-state index is 0.321. The van der Waals surface area contributed by atoms with E-state index in [1.807, 2.05) is 19.3 Å². The van der Waals surface area contributed by atoms with E-state index in [2.05, 4.69) is 24.8 Å². The molecule has 1 N–H and O–H groups in total. The molecule has 3 fully saturated rings. The van der Waals surface area contributed by atoms with Crippen LogP contribution in [0.4, 0.5) is 5.82 Å². The van der Waals surface area contributed by atoms with Gasteiger partial charge < -0.3 is 14.8 Å². The maximum Gasteiger partial charge on any atom is 0.225 e. The number of halogens is 1. The number of piperidine rings is 1. The molecule has 2 aliphatic carbocycles. The lowest BCUT2D eigenvalue weighted by Gasteiger charge is -2.41. The van der Waals surface area contributed by atoms with Crippen LogP contribution in [0.5, 0.6) is 0 Å². The van der Waals surface area contributed by atoms with Gasteiger partial charge in [0.2, 0.25) is 5.28 Å². The first kappa shape index (κ1) is 16.8. The molecule has 2 saturated carbocycles. The third-order valence-corrected chi connectivity index (χ3v) is 7.23. The van der Waals surface area contributed by atoms with Gasteiger partial charge in [-0.05, 0) is 87.5 Å². The Morgan fingerprint density at radius 1 is 1.08 bits per heavy atom. The summed E-state index contributed by atoms with van der Waals surface area (Å²) in [6.07, 6.45) is 12.9. The highest BCUT2D eigenvalue weighted by molar-refractivity contribution is 6.28. The van der Waals surface area contributed by atoms with Gasteiger partial charge in [-0.15, -0.1) is 0 Å². The Kier molecular flexibility index (Phi) is 4.13. The van der Waals surface area contributed by atoms with Crippen molar-refractivity contribution in [2.45, 2.75) is 63.5 Å². The van der Waals surface area contributed by atoms with Crippen LogP contribution in [0.2, 0.25) is 5.28 Å². The van der Waals surface area contributed by atoms with Crippen molar-refractivity contribution in [1.82, 2.24) is 19.4 Å². The number of fused-ring (bicyclic) bond motifs is 1. The molecule has 6 heteroatoms. The summed E-state index contributed by atoms with van der Waals surface area (Å²) in [5.41, 5.74) is 2.73. The Balaban J connectivity index is 1.22. The molecule has 140 valence electrons. The molecule has 0 aromatic carbocycles. The summed E-state index contributed by atoms with van der Waals surface area (Å²) in [4.78, 5) is 11.6. The van der Waals surface area contributed by atoms with E-state index in [1.165, 1.54) is 64.5 Å². The van der Waals surface area contributed by atoms with E-state index in [-0.39, 0.29) is 0 Å². The second-order valence-corrected chi connectivity index (χ2v) is 9.03. The second-order valence-electron chi connectivity index (χ2n) is 8.69. The summed E-state index contributed by atoms with van der Waals surface area (Å²) in [6.45, 7) is 2.66. The quantitative estimate of drug-likeness (QED) is 0.818. The van der Waals surface area contributed by atoms with Gasteiger partial charge in [-0.2, -0.15) is 4.98 Å². The molecule has 1 spiro atoms. The molecular weight excluding hydrogens is 346 g/mol. The smallest absolute Gasteiger partial charge is 0.225 e. The summed E-state index contributed by atoms with van der Waals surface area (Å²) in [5.74, 6) is 0.879. The molecule has 0 unspecified atom stereocenters. The van der Waals surface area contributed by atoms with E-state index >= 15 is 0 Å². The third-order valence-electron chi connectivity index (χ3n) is 7.06. The number of nitrogens with one attached hydrogen (secondary N) is 1. The fourth-order valence-corrected chi connectivity index (χ4v) is 5.26. The van der Waals surface area contributed by atoms with Crippen molar-refractivity contribution in [3.05, 3.63) is 17.5 Å². The molecular formula is C20H28ClN5. The highest BCUT2D eigenvalue weighted by Crippen LogP contribution is 2.54. The topological polar surface area (TPSA) is 46.0 Å². The molecule has 0 atom stereocenters. The highest BCUT2D eigenvalue weighted by Gasteiger charge is 2.45. The van der Waals surface area contributed by atoms with Gasteiger partial charge in [0.05, 0.1) is 5.52 Å². The zero-order valence-electron chi connectivity index (χ0n) is 15.5. The van der Waals surface area contributed by atoms with Crippen LogP contribution in [0.1, 0.15) is 51.4 Å². The summed E-state index contributed by atoms with van der Waals surface area (Å²) in [6, 6.07) is 3.26. The first-order valence-corrected chi connectivity index (χ1v) is 10.5. The summed E-state index contributed by atoms with van der Waals surface area (Å²) < 4.78 is 2.07. The van der Waals surface area contributed by atoms with Gasteiger partial charge in [0.15, 0.2) is 5.82 Å². The van der Waals surface area contributed by atoms with E-state index in [0.717, 1.165) is 28.3 Å². The van der Waals surface area contributed by atoms with E-state index < -0.39 is 0 Å². The number of nitrogens with zero attached hydrogens (tertiary/aromatic N) is 4. The number of hydrogen-bond donors (Lipinski definition) is 1. The van der Waals surface area contributed by atoms with Gasteiger partial charge in [0, 0.05) is 25.3 Å². The number of rotatable bonds is 3. The first-order valence-electron chi connectivity index (χ1n) is 10.1. The first-order chi connectivity index (χ1) is 12.6. The number of aromatic nitrogens is 3. The average Bonchev–Trinajstić information content (AvgIpc) is 3.29. The van der Waals surface area contributed by atoms with E-state index in [9.17, 15) is 0 Å². The minimum Gasteiger partial charge on any atom is -0.365 e. The maximum atomic E-state index is 6.13. The van der Waals surface area contributed by atoms with Crippen molar-refractivity contribution in [3.63, 3.8) is 0 Å². The predicted octanol–water partition coefficient (Wildman–Crippen LogP) is 4.22. The lowest BCUT2D eigenvalue weighted by molar-refractivity contribution is 0.0975. The zero-order chi connectivity index (χ0) is 17.7.